The van der Waals surface area contributed by atoms with E-state index in [1.54, 1.807) is 19.1 Å². The van der Waals surface area contributed by atoms with Crippen molar-refractivity contribution < 1.29 is 9.53 Å². The predicted molar refractivity (Wildman–Crippen MR) is 86.6 cm³/mol. The van der Waals surface area contributed by atoms with Crippen LogP contribution in [0.3, 0.4) is 0 Å². The van der Waals surface area contributed by atoms with Crippen molar-refractivity contribution in [2.75, 3.05) is 23.8 Å². The summed E-state index contributed by atoms with van der Waals surface area (Å²) < 4.78 is 5.02. The monoisotopic (exact) mass is 290 g/mol. The number of piperidine rings is 1. The van der Waals surface area contributed by atoms with Gasteiger partial charge in [-0.05, 0) is 50.3 Å². The van der Waals surface area contributed by atoms with Crippen molar-refractivity contribution in [2.24, 2.45) is 11.8 Å². The van der Waals surface area contributed by atoms with Crippen LogP contribution in [0.25, 0.3) is 0 Å². The second kappa shape index (κ2) is 6.37. The van der Waals surface area contributed by atoms with Gasteiger partial charge in [0.1, 0.15) is 0 Å². The third kappa shape index (κ3) is 3.31. The molecule has 21 heavy (non-hydrogen) atoms. The van der Waals surface area contributed by atoms with Crippen LogP contribution in [0.4, 0.5) is 11.4 Å². The summed E-state index contributed by atoms with van der Waals surface area (Å²) in [5.74, 6) is 0.974. The number of hydrogen-bond donors (Lipinski definition) is 1. The Morgan fingerprint density at radius 3 is 2.71 bits per heavy atom. The number of ether oxygens (including phenoxy) is 1. The standard InChI is InChI=1S/C17H26N2O2/c1-5-21-17(20)14-6-7-16(15(18)9-14)19-10-11(2)8-12(3)13(19)4/h6-7,9,11-13H,5,8,10,18H2,1-4H3. The first-order valence-electron chi connectivity index (χ1n) is 7.77. The highest BCUT2D eigenvalue weighted by atomic mass is 16.5. The number of nitrogen functional groups attached to an aromatic ring is 1. The van der Waals surface area contributed by atoms with Crippen LogP contribution in [0.1, 0.15) is 44.5 Å². The largest absolute Gasteiger partial charge is 0.462 e. The van der Waals surface area contributed by atoms with Crippen LogP contribution >= 0.6 is 0 Å². The lowest BCUT2D eigenvalue weighted by Crippen LogP contribution is -2.46. The highest BCUT2D eigenvalue weighted by Crippen LogP contribution is 2.34. The van der Waals surface area contributed by atoms with Crippen molar-refractivity contribution in [3.8, 4) is 0 Å². The Kier molecular flexibility index (Phi) is 4.76. The van der Waals surface area contributed by atoms with E-state index in [0.29, 0.717) is 35.7 Å². The summed E-state index contributed by atoms with van der Waals surface area (Å²) in [6.07, 6.45) is 1.25. The lowest BCUT2D eigenvalue weighted by Gasteiger charge is -2.43. The smallest absolute Gasteiger partial charge is 0.338 e. The molecule has 2 rings (SSSR count). The molecule has 1 aromatic carbocycles. The second-order valence-corrected chi connectivity index (χ2v) is 6.21. The summed E-state index contributed by atoms with van der Waals surface area (Å²) in [6, 6.07) is 5.93. The van der Waals surface area contributed by atoms with Crippen LogP contribution in [-0.2, 0) is 4.74 Å². The van der Waals surface area contributed by atoms with Crippen LogP contribution < -0.4 is 10.6 Å². The molecule has 1 fully saturated rings. The maximum atomic E-state index is 11.8. The SMILES string of the molecule is CCOC(=O)c1ccc(N2CC(C)CC(C)C2C)c(N)c1. The molecule has 4 heteroatoms. The molecule has 0 amide bonds. The Hall–Kier alpha value is -1.71. The van der Waals surface area contributed by atoms with Gasteiger partial charge >= 0.3 is 5.97 Å². The number of rotatable bonds is 3. The lowest BCUT2D eigenvalue weighted by atomic mass is 9.85. The van der Waals surface area contributed by atoms with Crippen LogP contribution in [0.15, 0.2) is 18.2 Å². The molecule has 0 radical (unpaired) electrons. The van der Waals surface area contributed by atoms with E-state index >= 15 is 0 Å². The maximum Gasteiger partial charge on any atom is 0.338 e. The minimum absolute atomic E-state index is 0.316. The zero-order valence-corrected chi connectivity index (χ0v) is 13.4. The van der Waals surface area contributed by atoms with Gasteiger partial charge in [-0.15, -0.1) is 0 Å². The molecule has 2 N–H and O–H groups in total. The number of nitrogens with zero attached hydrogens (tertiary/aromatic N) is 1. The fraction of sp³-hybridized carbons (Fsp3) is 0.588. The van der Waals surface area contributed by atoms with Crippen molar-refractivity contribution in [3.05, 3.63) is 23.8 Å². The molecule has 1 aromatic rings. The van der Waals surface area contributed by atoms with Crippen molar-refractivity contribution in [1.82, 2.24) is 0 Å². The van der Waals surface area contributed by atoms with Crippen molar-refractivity contribution in [1.29, 1.82) is 0 Å². The molecule has 0 bridgehead atoms. The zero-order valence-electron chi connectivity index (χ0n) is 13.4. The molecule has 0 saturated carbocycles. The van der Waals surface area contributed by atoms with E-state index < -0.39 is 0 Å². The molecule has 0 aromatic heterocycles. The zero-order chi connectivity index (χ0) is 15.6. The van der Waals surface area contributed by atoms with Crippen LogP contribution in [0, 0.1) is 11.8 Å². The van der Waals surface area contributed by atoms with Gasteiger partial charge in [0.2, 0.25) is 0 Å². The van der Waals surface area contributed by atoms with E-state index in [9.17, 15) is 4.79 Å². The summed E-state index contributed by atoms with van der Waals surface area (Å²) in [5, 5.41) is 0. The molecule has 1 heterocycles. The first-order chi connectivity index (χ1) is 9.93. The second-order valence-electron chi connectivity index (χ2n) is 6.21. The van der Waals surface area contributed by atoms with E-state index in [1.807, 2.05) is 6.07 Å². The predicted octanol–water partition coefficient (Wildman–Crippen LogP) is 3.32. The van der Waals surface area contributed by atoms with Crippen molar-refractivity contribution >= 4 is 17.3 Å². The maximum absolute atomic E-state index is 11.8. The summed E-state index contributed by atoms with van der Waals surface area (Å²) in [6.45, 7) is 9.99. The number of carbonyl (C=O) groups excluding carboxylic acids is 1. The average molecular weight is 290 g/mol. The first-order valence-corrected chi connectivity index (χ1v) is 7.77. The third-order valence-corrected chi connectivity index (χ3v) is 4.45. The Morgan fingerprint density at radius 1 is 1.38 bits per heavy atom. The highest BCUT2D eigenvalue weighted by molar-refractivity contribution is 5.92. The van der Waals surface area contributed by atoms with Crippen LogP contribution in [-0.4, -0.2) is 25.2 Å². The molecule has 0 spiro atoms. The van der Waals surface area contributed by atoms with Gasteiger partial charge in [0, 0.05) is 12.6 Å². The van der Waals surface area contributed by atoms with Gasteiger partial charge in [-0.25, -0.2) is 4.79 Å². The summed E-state index contributed by atoms with van der Waals surface area (Å²) in [5.41, 5.74) is 8.38. The van der Waals surface area contributed by atoms with Crippen LogP contribution in [0.2, 0.25) is 0 Å². The third-order valence-electron chi connectivity index (χ3n) is 4.45. The van der Waals surface area contributed by atoms with Crippen LogP contribution in [0.5, 0.6) is 0 Å². The fourth-order valence-electron chi connectivity index (χ4n) is 3.19. The molecule has 0 aliphatic carbocycles. The quantitative estimate of drug-likeness (QED) is 0.685. The molecule has 3 atom stereocenters. The normalized spacial score (nSPS) is 25.7. The van der Waals surface area contributed by atoms with E-state index in [0.717, 1.165) is 12.2 Å². The van der Waals surface area contributed by atoms with E-state index in [2.05, 4.69) is 25.7 Å². The number of esters is 1. The van der Waals surface area contributed by atoms with E-state index in [4.69, 9.17) is 10.5 Å². The molecule has 116 valence electrons. The van der Waals surface area contributed by atoms with E-state index in [-0.39, 0.29) is 5.97 Å². The topological polar surface area (TPSA) is 55.6 Å². The first kappa shape index (κ1) is 15.7. The van der Waals surface area contributed by atoms with Gasteiger partial charge in [0.25, 0.3) is 0 Å². The minimum Gasteiger partial charge on any atom is -0.462 e. The molecular weight excluding hydrogens is 264 g/mol. The highest BCUT2D eigenvalue weighted by Gasteiger charge is 2.29. The molecule has 4 nitrogen and oxygen atoms in total. The average Bonchev–Trinajstić information content (AvgIpc) is 2.43. The van der Waals surface area contributed by atoms with Gasteiger partial charge in [-0.3, -0.25) is 0 Å². The Balaban J connectivity index is 2.26. The molecule has 3 unspecified atom stereocenters. The van der Waals surface area contributed by atoms with Gasteiger partial charge in [0.15, 0.2) is 0 Å². The Morgan fingerprint density at radius 2 is 2.10 bits per heavy atom. The molecule has 1 aliphatic rings. The number of anilines is 2. The fourth-order valence-corrected chi connectivity index (χ4v) is 3.19. The number of benzene rings is 1. The summed E-state index contributed by atoms with van der Waals surface area (Å²) in [7, 11) is 0. The Bertz CT molecular complexity index is 516. The molecular formula is C17H26N2O2. The van der Waals surface area contributed by atoms with Gasteiger partial charge in [-0.2, -0.15) is 0 Å². The van der Waals surface area contributed by atoms with Gasteiger partial charge in [-0.1, -0.05) is 13.8 Å². The molecule has 1 aliphatic heterocycles. The Labute approximate surface area is 127 Å². The van der Waals surface area contributed by atoms with Crippen molar-refractivity contribution in [2.45, 2.75) is 40.2 Å². The minimum atomic E-state index is -0.316. The summed E-state index contributed by atoms with van der Waals surface area (Å²) >= 11 is 0. The van der Waals surface area contributed by atoms with Gasteiger partial charge < -0.3 is 15.4 Å². The van der Waals surface area contributed by atoms with Crippen molar-refractivity contribution in [3.63, 3.8) is 0 Å². The molecule has 1 saturated heterocycles. The van der Waals surface area contributed by atoms with Gasteiger partial charge in [0.05, 0.1) is 23.5 Å². The number of hydrogen-bond acceptors (Lipinski definition) is 4. The summed E-state index contributed by atoms with van der Waals surface area (Å²) in [4.78, 5) is 14.1. The number of nitrogens with two attached hydrogens (primary N) is 1. The van der Waals surface area contributed by atoms with E-state index in [1.165, 1.54) is 6.42 Å². The number of carbonyl (C=O) groups is 1. The lowest BCUT2D eigenvalue weighted by molar-refractivity contribution is 0.0526.